The first kappa shape index (κ1) is 30.5. The van der Waals surface area contributed by atoms with E-state index in [0.29, 0.717) is 35.5 Å². The highest BCUT2D eigenvalue weighted by atomic mass is 35.5. The van der Waals surface area contributed by atoms with Gasteiger partial charge in [0.15, 0.2) is 16.6 Å². The third kappa shape index (κ3) is 7.54. The van der Waals surface area contributed by atoms with Crippen LogP contribution in [0.2, 0.25) is 0 Å². The largest absolute Gasteiger partial charge is 0.493 e. The number of carbonyl (C=O) groups is 1. The molecule has 0 atom stereocenters. The average molecular weight is 578 g/mol. The smallest absolute Gasteiger partial charge is 0.252 e. The number of para-hydroxylation sites is 1. The molecule has 0 bridgehead atoms. The van der Waals surface area contributed by atoms with E-state index in [4.69, 9.17) is 28.7 Å². The number of hydrogen-bond acceptors (Lipinski definition) is 9. The number of benzene rings is 2. The molecule has 2 heterocycles. The molecule has 1 fully saturated rings. The third-order valence-electron chi connectivity index (χ3n) is 6.23. The molecule has 0 unspecified atom stereocenters. The van der Waals surface area contributed by atoms with Crippen molar-refractivity contribution in [3.63, 3.8) is 0 Å². The molecule has 212 valence electrons. The molecule has 0 saturated carbocycles. The summed E-state index contributed by atoms with van der Waals surface area (Å²) in [7, 11) is 4.69. The van der Waals surface area contributed by atoms with Crippen LogP contribution in [0.1, 0.15) is 18.9 Å². The number of nitrogens with zero attached hydrogens (tertiary/aromatic N) is 3. The van der Waals surface area contributed by atoms with Crippen molar-refractivity contribution in [2.45, 2.75) is 13.3 Å². The van der Waals surface area contributed by atoms with E-state index >= 15 is 0 Å². The van der Waals surface area contributed by atoms with Crippen LogP contribution in [0, 0.1) is 0 Å². The Kier molecular flexibility index (Phi) is 11.7. The number of halogens is 1. The molecule has 11 heteroatoms. The number of rotatable bonds is 12. The van der Waals surface area contributed by atoms with Gasteiger partial charge in [-0.15, -0.1) is 12.4 Å². The third-order valence-corrected chi connectivity index (χ3v) is 7.28. The van der Waals surface area contributed by atoms with Crippen molar-refractivity contribution in [1.82, 2.24) is 9.88 Å². The number of aromatic nitrogens is 1. The van der Waals surface area contributed by atoms with Gasteiger partial charge in [-0.3, -0.25) is 14.6 Å². The van der Waals surface area contributed by atoms with Crippen LogP contribution in [-0.2, 0) is 9.53 Å². The van der Waals surface area contributed by atoms with Gasteiger partial charge in [-0.05, 0) is 49.2 Å². The van der Waals surface area contributed by atoms with Crippen molar-refractivity contribution < 1.29 is 28.5 Å². The van der Waals surface area contributed by atoms with Crippen LogP contribution in [0.4, 0.5) is 5.13 Å². The number of ether oxygens (including phenoxy) is 5. The van der Waals surface area contributed by atoms with Gasteiger partial charge >= 0.3 is 0 Å². The maximum Gasteiger partial charge on any atom is 0.252 e. The van der Waals surface area contributed by atoms with Gasteiger partial charge in [0.05, 0.1) is 45.8 Å². The van der Waals surface area contributed by atoms with E-state index < -0.39 is 0 Å². The van der Waals surface area contributed by atoms with E-state index in [1.807, 2.05) is 25.1 Å². The first-order valence-electron chi connectivity index (χ1n) is 12.7. The van der Waals surface area contributed by atoms with Crippen molar-refractivity contribution in [3.05, 3.63) is 42.0 Å². The molecule has 39 heavy (non-hydrogen) atoms. The SMILES string of the molecule is CCOc1cccc2sc(N(CCCN3CCOCC3)C(=O)/C=C/c3cc(OC)c(OC)c(OC)c3)nc12.Cl. The Morgan fingerprint density at radius 1 is 1.10 bits per heavy atom. The summed E-state index contributed by atoms with van der Waals surface area (Å²) in [4.78, 5) is 22.5. The van der Waals surface area contributed by atoms with Crippen molar-refractivity contribution in [2.75, 3.05) is 72.2 Å². The molecular weight excluding hydrogens is 542 g/mol. The second kappa shape index (κ2) is 14.9. The fourth-order valence-electron chi connectivity index (χ4n) is 4.33. The molecule has 0 spiro atoms. The normalized spacial score (nSPS) is 13.7. The number of morpholine rings is 1. The molecular formula is C28H36ClN3O6S. The number of thiazole rings is 1. The molecule has 1 saturated heterocycles. The quantitative estimate of drug-likeness (QED) is 0.281. The summed E-state index contributed by atoms with van der Waals surface area (Å²) in [6.45, 7) is 7.24. The van der Waals surface area contributed by atoms with Gasteiger partial charge in [0.25, 0.3) is 5.91 Å². The topological polar surface area (TPSA) is 82.6 Å². The Hall–Kier alpha value is -3.05. The van der Waals surface area contributed by atoms with Crippen molar-refractivity contribution in [2.24, 2.45) is 0 Å². The van der Waals surface area contributed by atoms with Gasteiger partial charge in [-0.2, -0.15) is 0 Å². The van der Waals surface area contributed by atoms with E-state index in [-0.39, 0.29) is 18.3 Å². The van der Waals surface area contributed by atoms with Gasteiger partial charge in [0.2, 0.25) is 5.75 Å². The molecule has 0 aliphatic carbocycles. The monoisotopic (exact) mass is 577 g/mol. The summed E-state index contributed by atoms with van der Waals surface area (Å²) in [5, 5.41) is 0.647. The van der Waals surface area contributed by atoms with Crippen LogP contribution < -0.4 is 23.8 Å². The van der Waals surface area contributed by atoms with Crippen LogP contribution in [0.5, 0.6) is 23.0 Å². The lowest BCUT2D eigenvalue weighted by molar-refractivity contribution is -0.114. The van der Waals surface area contributed by atoms with Crippen LogP contribution in [0.3, 0.4) is 0 Å². The fraction of sp³-hybridized carbons (Fsp3) is 0.429. The standard InChI is InChI=1S/C28H35N3O6S.ClH/c1-5-37-21-8-6-9-24-26(21)29-28(38-24)31(13-7-12-30-14-16-36-17-15-30)25(32)11-10-20-18-22(33-2)27(35-4)23(19-20)34-3;/h6,8-11,18-19H,5,7,12-17H2,1-4H3;1H/b11-10+;. The Balaban J connectivity index is 0.00000420. The van der Waals surface area contributed by atoms with E-state index in [1.165, 1.54) is 11.3 Å². The van der Waals surface area contributed by atoms with Gasteiger partial charge in [-0.25, -0.2) is 4.98 Å². The zero-order valence-corrected chi connectivity index (χ0v) is 24.4. The summed E-state index contributed by atoms with van der Waals surface area (Å²) < 4.78 is 28.5. The minimum atomic E-state index is -0.155. The molecule has 1 aliphatic rings. The second-order valence-electron chi connectivity index (χ2n) is 8.62. The number of methoxy groups -OCH3 is 3. The van der Waals surface area contributed by atoms with Gasteiger partial charge in [0.1, 0.15) is 11.3 Å². The maximum absolute atomic E-state index is 13.6. The number of amides is 1. The first-order chi connectivity index (χ1) is 18.6. The first-order valence-corrected chi connectivity index (χ1v) is 13.5. The number of hydrogen-bond donors (Lipinski definition) is 0. The highest BCUT2D eigenvalue weighted by Crippen LogP contribution is 2.39. The van der Waals surface area contributed by atoms with Crippen LogP contribution in [-0.4, -0.2) is 83.1 Å². The van der Waals surface area contributed by atoms with Crippen molar-refractivity contribution >= 4 is 51.1 Å². The number of fused-ring (bicyclic) bond motifs is 1. The minimum absolute atomic E-state index is 0. The van der Waals surface area contributed by atoms with E-state index in [2.05, 4.69) is 4.90 Å². The van der Waals surface area contributed by atoms with E-state index in [0.717, 1.165) is 60.8 Å². The van der Waals surface area contributed by atoms with E-state index in [1.54, 1.807) is 50.5 Å². The Morgan fingerprint density at radius 2 is 1.82 bits per heavy atom. The van der Waals surface area contributed by atoms with Crippen LogP contribution in [0.15, 0.2) is 36.4 Å². The van der Waals surface area contributed by atoms with E-state index in [9.17, 15) is 4.79 Å². The lowest BCUT2D eigenvalue weighted by Crippen LogP contribution is -2.39. The predicted molar refractivity (Wildman–Crippen MR) is 157 cm³/mol. The van der Waals surface area contributed by atoms with Crippen molar-refractivity contribution in [3.8, 4) is 23.0 Å². The molecule has 1 amide bonds. The fourth-order valence-corrected chi connectivity index (χ4v) is 5.35. The Morgan fingerprint density at radius 3 is 2.46 bits per heavy atom. The molecule has 4 rings (SSSR count). The van der Waals surface area contributed by atoms with Gasteiger partial charge in [-0.1, -0.05) is 17.4 Å². The summed E-state index contributed by atoms with van der Waals surface area (Å²) in [6, 6.07) is 9.47. The zero-order chi connectivity index (χ0) is 26.9. The summed E-state index contributed by atoms with van der Waals surface area (Å²) in [6.07, 6.45) is 4.13. The van der Waals surface area contributed by atoms with Gasteiger partial charge in [0, 0.05) is 32.3 Å². The predicted octanol–water partition coefficient (Wildman–Crippen LogP) is 4.91. The van der Waals surface area contributed by atoms with Crippen molar-refractivity contribution in [1.29, 1.82) is 0 Å². The number of anilines is 1. The molecule has 0 radical (unpaired) electrons. The molecule has 0 N–H and O–H groups in total. The average Bonchev–Trinajstić information content (AvgIpc) is 3.39. The zero-order valence-electron chi connectivity index (χ0n) is 22.8. The molecule has 3 aromatic rings. The summed E-state index contributed by atoms with van der Waals surface area (Å²) >= 11 is 1.49. The highest BCUT2D eigenvalue weighted by Gasteiger charge is 2.20. The lowest BCUT2D eigenvalue weighted by Gasteiger charge is -2.27. The van der Waals surface area contributed by atoms with Crippen LogP contribution >= 0.6 is 23.7 Å². The minimum Gasteiger partial charge on any atom is -0.493 e. The van der Waals surface area contributed by atoms with Crippen LogP contribution in [0.25, 0.3) is 16.3 Å². The van der Waals surface area contributed by atoms with Gasteiger partial charge < -0.3 is 23.7 Å². The number of carbonyl (C=O) groups excluding carboxylic acids is 1. The molecule has 9 nitrogen and oxygen atoms in total. The Bertz CT molecular complexity index is 1240. The highest BCUT2D eigenvalue weighted by molar-refractivity contribution is 7.22. The lowest BCUT2D eigenvalue weighted by atomic mass is 10.1. The molecule has 2 aromatic carbocycles. The molecule has 1 aliphatic heterocycles. The molecule has 1 aromatic heterocycles. The summed E-state index contributed by atoms with van der Waals surface area (Å²) in [5.74, 6) is 2.12. The Labute approximate surface area is 239 Å². The summed E-state index contributed by atoms with van der Waals surface area (Å²) in [5.41, 5.74) is 1.53. The second-order valence-corrected chi connectivity index (χ2v) is 9.63. The maximum atomic E-state index is 13.6.